The zero-order valence-corrected chi connectivity index (χ0v) is 39.8. The Bertz CT molecular complexity index is 1250. The van der Waals surface area contributed by atoms with Crippen LogP contribution in [0, 0.1) is 0 Å². The zero-order valence-electron chi connectivity index (χ0n) is 39.0. The van der Waals surface area contributed by atoms with E-state index in [1.807, 2.05) is 36.0 Å². The van der Waals surface area contributed by atoms with Crippen molar-refractivity contribution >= 4 is 23.6 Å². The van der Waals surface area contributed by atoms with Crippen molar-refractivity contribution in [2.75, 3.05) is 19.0 Å². The second kappa shape index (κ2) is 39.9. The van der Waals surface area contributed by atoms with Crippen LogP contribution in [0.2, 0.25) is 0 Å². The summed E-state index contributed by atoms with van der Waals surface area (Å²) < 4.78 is 12.6. The highest BCUT2D eigenvalue weighted by atomic mass is 32.2. The summed E-state index contributed by atoms with van der Waals surface area (Å²) in [5, 5.41) is 0. The lowest BCUT2D eigenvalue weighted by Gasteiger charge is -2.14. The summed E-state index contributed by atoms with van der Waals surface area (Å²) in [6.07, 6.45) is 49.5. The molecule has 0 saturated carbocycles. The number of hydrogen-bond donors (Lipinski definition) is 0. The molecule has 0 amide bonds. The van der Waals surface area contributed by atoms with Crippen LogP contribution >= 0.6 is 11.8 Å². The number of ether oxygens (including phenoxy) is 2. The van der Waals surface area contributed by atoms with E-state index in [2.05, 4.69) is 45.0 Å². The van der Waals surface area contributed by atoms with E-state index >= 15 is 0 Å². The third-order valence-corrected chi connectivity index (χ3v) is 12.9. The molecule has 3 nitrogen and oxygen atoms in total. The van der Waals surface area contributed by atoms with Crippen molar-refractivity contribution in [3.05, 3.63) is 59.7 Å². The minimum atomic E-state index is -0.0111. The van der Waals surface area contributed by atoms with E-state index in [0.29, 0.717) is 24.5 Å². The van der Waals surface area contributed by atoms with E-state index in [-0.39, 0.29) is 5.78 Å². The molecule has 0 heterocycles. The molecule has 336 valence electrons. The van der Waals surface area contributed by atoms with Crippen LogP contribution in [-0.4, -0.2) is 24.7 Å². The number of allylic oxidation sites excluding steroid dienone is 1. The molecule has 2 rings (SSSR count). The van der Waals surface area contributed by atoms with Crippen molar-refractivity contribution in [1.29, 1.82) is 0 Å². The number of unbranched alkanes of at least 4 members (excludes halogenated alkanes) is 31. The zero-order chi connectivity index (χ0) is 42.1. The Morgan fingerprint density at radius 1 is 0.441 bits per heavy atom. The molecule has 0 aliphatic rings. The molecule has 0 atom stereocenters. The number of rotatable bonds is 43. The van der Waals surface area contributed by atoms with Gasteiger partial charge in [-0.2, -0.15) is 0 Å². The first-order chi connectivity index (χ1) is 29.2. The number of thioether (sulfide) groups is 1. The fourth-order valence-corrected chi connectivity index (χ4v) is 8.83. The maximum Gasteiger partial charge on any atom is 0.185 e. The summed E-state index contributed by atoms with van der Waals surface area (Å²) >= 11 is 1.90. The minimum absolute atomic E-state index is 0.0111. The number of carbonyl (C=O) groups is 1. The van der Waals surface area contributed by atoms with Crippen molar-refractivity contribution in [2.45, 2.75) is 244 Å². The van der Waals surface area contributed by atoms with Gasteiger partial charge in [-0.25, -0.2) is 0 Å². The standard InChI is InChI=1S/C55H92O3S/c1-4-7-10-12-14-16-18-20-22-24-26-28-30-32-34-36-46-57-54-45-41-51(53(56)44-40-50-38-42-52(43-39-50)59-48-9-6-3)49-55(54)58-47-37-35-33-31-29-27-25-23-21-19-17-15-13-11-8-5-2/h38-45,49H,4-37,46-48H2,1-3H3. The van der Waals surface area contributed by atoms with Crippen LogP contribution in [0.1, 0.15) is 255 Å². The van der Waals surface area contributed by atoms with E-state index < -0.39 is 0 Å². The average Bonchev–Trinajstić information content (AvgIpc) is 3.25. The smallest absolute Gasteiger partial charge is 0.185 e. The van der Waals surface area contributed by atoms with Crippen LogP contribution in [-0.2, 0) is 0 Å². The fraction of sp³-hybridized carbons (Fsp3) is 0.727. The number of benzene rings is 2. The van der Waals surface area contributed by atoms with Crippen LogP contribution in [0.4, 0.5) is 0 Å². The van der Waals surface area contributed by atoms with Crippen LogP contribution in [0.5, 0.6) is 11.5 Å². The third kappa shape index (κ3) is 30.5. The van der Waals surface area contributed by atoms with Crippen LogP contribution in [0.15, 0.2) is 53.4 Å². The quantitative estimate of drug-likeness (QED) is 0.0289. The Hall–Kier alpha value is -2.20. The number of ketones is 1. The lowest BCUT2D eigenvalue weighted by molar-refractivity contribution is 0.104. The van der Waals surface area contributed by atoms with Crippen molar-refractivity contribution in [1.82, 2.24) is 0 Å². The van der Waals surface area contributed by atoms with Crippen LogP contribution in [0.25, 0.3) is 6.08 Å². The van der Waals surface area contributed by atoms with Gasteiger partial charge in [0.05, 0.1) is 13.2 Å². The molecular formula is C55H92O3S. The minimum Gasteiger partial charge on any atom is -0.490 e. The SMILES string of the molecule is CCCCCCCCCCCCCCCCCCOc1ccc(C(=O)C=Cc2ccc(SCCCC)cc2)cc1OCCCCCCCCCCCCCCCCCC. The monoisotopic (exact) mass is 833 g/mol. The summed E-state index contributed by atoms with van der Waals surface area (Å²) in [6.45, 7) is 8.16. The number of hydrogen-bond acceptors (Lipinski definition) is 4. The Morgan fingerprint density at radius 3 is 1.22 bits per heavy atom. The molecule has 0 bridgehead atoms. The summed E-state index contributed by atoms with van der Waals surface area (Å²) in [7, 11) is 0. The number of carbonyl (C=O) groups excluding carboxylic acids is 1. The van der Waals surface area contributed by atoms with Crippen molar-refractivity contribution in [3.63, 3.8) is 0 Å². The van der Waals surface area contributed by atoms with Crippen molar-refractivity contribution in [2.24, 2.45) is 0 Å². The molecule has 0 aromatic heterocycles. The van der Waals surface area contributed by atoms with Gasteiger partial charge < -0.3 is 9.47 Å². The summed E-state index contributed by atoms with van der Waals surface area (Å²) in [5.41, 5.74) is 1.68. The Balaban J connectivity index is 1.71. The fourth-order valence-electron chi connectivity index (χ4n) is 7.84. The van der Waals surface area contributed by atoms with E-state index in [4.69, 9.17) is 9.47 Å². The molecule has 0 saturated heterocycles. The highest BCUT2D eigenvalue weighted by Gasteiger charge is 2.11. The molecule has 0 N–H and O–H groups in total. The molecule has 0 spiro atoms. The lowest BCUT2D eigenvalue weighted by Crippen LogP contribution is -2.04. The van der Waals surface area contributed by atoms with Crippen molar-refractivity contribution in [3.8, 4) is 11.5 Å². The predicted octanol–water partition coefficient (Wildman–Crippen LogP) is 18.8. The van der Waals surface area contributed by atoms with Gasteiger partial charge in [0.25, 0.3) is 0 Å². The average molecular weight is 833 g/mol. The second-order valence-corrected chi connectivity index (χ2v) is 18.6. The first kappa shape index (κ1) is 52.9. The van der Waals surface area contributed by atoms with Gasteiger partial charge in [0, 0.05) is 10.5 Å². The van der Waals surface area contributed by atoms with Gasteiger partial charge in [0.1, 0.15) is 0 Å². The van der Waals surface area contributed by atoms with Gasteiger partial charge in [-0.1, -0.05) is 238 Å². The first-order valence-electron chi connectivity index (χ1n) is 25.5. The lowest BCUT2D eigenvalue weighted by atomic mass is 10.0. The molecule has 0 aliphatic heterocycles. The molecule has 0 radical (unpaired) electrons. The van der Waals surface area contributed by atoms with E-state index in [9.17, 15) is 4.79 Å². The molecule has 0 fully saturated rings. The molecule has 0 aliphatic carbocycles. The van der Waals surface area contributed by atoms with Gasteiger partial charge in [0.2, 0.25) is 0 Å². The van der Waals surface area contributed by atoms with Gasteiger partial charge >= 0.3 is 0 Å². The first-order valence-corrected chi connectivity index (χ1v) is 26.5. The maximum absolute atomic E-state index is 13.3. The maximum atomic E-state index is 13.3. The van der Waals surface area contributed by atoms with Gasteiger partial charge in [-0.05, 0) is 67.0 Å². The van der Waals surface area contributed by atoms with E-state index in [0.717, 1.165) is 29.9 Å². The highest BCUT2D eigenvalue weighted by molar-refractivity contribution is 7.99. The summed E-state index contributed by atoms with van der Waals surface area (Å²) in [5.74, 6) is 2.60. The highest BCUT2D eigenvalue weighted by Crippen LogP contribution is 2.30. The van der Waals surface area contributed by atoms with E-state index in [1.54, 1.807) is 6.08 Å². The van der Waals surface area contributed by atoms with Crippen molar-refractivity contribution < 1.29 is 14.3 Å². The summed E-state index contributed by atoms with van der Waals surface area (Å²) in [4.78, 5) is 14.6. The van der Waals surface area contributed by atoms with Gasteiger partial charge in [-0.15, -0.1) is 11.8 Å². The summed E-state index contributed by atoms with van der Waals surface area (Å²) in [6, 6.07) is 14.2. The molecule has 2 aromatic rings. The Kier molecular flexibility index (Phi) is 35.8. The second-order valence-electron chi connectivity index (χ2n) is 17.4. The molecular weight excluding hydrogens is 741 g/mol. The Labute approximate surface area is 370 Å². The molecule has 59 heavy (non-hydrogen) atoms. The molecule has 0 unspecified atom stereocenters. The topological polar surface area (TPSA) is 35.5 Å². The molecule has 2 aromatic carbocycles. The normalized spacial score (nSPS) is 11.5. The van der Waals surface area contributed by atoms with Gasteiger partial charge in [0.15, 0.2) is 17.3 Å². The molecule has 4 heteroatoms. The van der Waals surface area contributed by atoms with Crippen LogP contribution < -0.4 is 9.47 Å². The largest absolute Gasteiger partial charge is 0.490 e. The van der Waals surface area contributed by atoms with Gasteiger partial charge in [-0.3, -0.25) is 4.79 Å². The van der Waals surface area contributed by atoms with Crippen LogP contribution in [0.3, 0.4) is 0 Å². The predicted molar refractivity (Wildman–Crippen MR) is 262 cm³/mol. The third-order valence-electron chi connectivity index (χ3n) is 11.8. The van der Waals surface area contributed by atoms with E-state index in [1.165, 1.54) is 210 Å². The Morgan fingerprint density at radius 2 is 0.814 bits per heavy atom.